The number of carbonyl (C=O) groups excluding carboxylic acids is 2. The molecular formula is C13H16ClN3O6. The van der Waals surface area contributed by atoms with Crippen LogP contribution in [0, 0.1) is 0 Å². The van der Waals surface area contributed by atoms with Gasteiger partial charge in [-0.2, -0.15) is 4.98 Å². The summed E-state index contributed by atoms with van der Waals surface area (Å²) in [7, 11) is 1.20. The number of methoxy groups -OCH3 is 1. The molecule has 1 aliphatic heterocycles. The largest absolute Gasteiger partial charge is 0.464 e. The lowest BCUT2D eigenvalue weighted by molar-refractivity contribution is -0.162. The Morgan fingerprint density at radius 1 is 1.52 bits per heavy atom. The van der Waals surface area contributed by atoms with Gasteiger partial charge in [-0.05, 0) is 12.8 Å². The van der Waals surface area contributed by atoms with Crippen molar-refractivity contribution >= 4 is 35.2 Å². The third-order valence-corrected chi connectivity index (χ3v) is 3.14. The van der Waals surface area contributed by atoms with Crippen molar-refractivity contribution in [1.29, 1.82) is 0 Å². The summed E-state index contributed by atoms with van der Waals surface area (Å²) in [5.41, 5.74) is -0.144. The van der Waals surface area contributed by atoms with Crippen LogP contribution in [0.2, 0.25) is 0 Å². The molecule has 1 amide bonds. The Hall–Kier alpha value is -2.13. The van der Waals surface area contributed by atoms with Gasteiger partial charge in [-0.3, -0.25) is 10.1 Å². The van der Waals surface area contributed by atoms with Gasteiger partial charge in [0.15, 0.2) is 0 Å². The quantitative estimate of drug-likeness (QED) is 0.357. The number of hydrogen-bond acceptors (Lipinski definition) is 8. The second-order valence-electron chi connectivity index (χ2n) is 4.55. The minimum atomic E-state index is -0.760. The molecule has 2 heterocycles. The third-order valence-electron chi connectivity index (χ3n) is 2.89. The number of nitrogens with one attached hydrogen (secondary N) is 1. The second-order valence-corrected chi connectivity index (χ2v) is 4.82. The van der Waals surface area contributed by atoms with Crippen molar-refractivity contribution in [3.05, 3.63) is 12.0 Å². The highest BCUT2D eigenvalue weighted by Crippen LogP contribution is 2.15. The summed E-state index contributed by atoms with van der Waals surface area (Å²) < 4.78 is 15.0. The van der Waals surface area contributed by atoms with Crippen LogP contribution < -0.4 is 5.32 Å². The maximum absolute atomic E-state index is 11.8. The first-order chi connectivity index (χ1) is 11.1. The minimum absolute atomic E-state index is 0.0533. The third kappa shape index (κ3) is 4.93. The number of esters is 1. The zero-order valence-electron chi connectivity index (χ0n) is 12.4. The summed E-state index contributed by atoms with van der Waals surface area (Å²) in [4.78, 5) is 32.1. The average Bonchev–Trinajstić information content (AvgIpc) is 3.03. The van der Waals surface area contributed by atoms with E-state index in [0.29, 0.717) is 13.0 Å². The van der Waals surface area contributed by atoms with Gasteiger partial charge in [0.25, 0.3) is 0 Å². The molecule has 0 aromatic carbocycles. The molecule has 1 aromatic heterocycles. The molecular weight excluding hydrogens is 330 g/mol. The predicted octanol–water partition coefficient (Wildman–Crippen LogP) is 1.27. The van der Waals surface area contributed by atoms with E-state index in [1.54, 1.807) is 0 Å². The van der Waals surface area contributed by atoms with Crippen LogP contribution in [-0.4, -0.2) is 48.5 Å². The van der Waals surface area contributed by atoms with Gasteiger partial charge in [0, 0.05) is 6.42 Å². The number of rotatable bonds is 6. The number of hydrogen-bond donors (Lipinski definition) is 1. The van der Waals surface area contributed by atoms with Gasteiger partial charge in [0.2, 0.25) is 17.9 Å². The van der Waals surface area contributed by atoms with Gasteiger partial charge in [-0.25, -0.2) is 4.79 Å². The number of aromatic nitrogens is 1. The van der Waals surface area contributed by atoms with Gasteiger partial charge < -0.3 is 18.7 Å². The van der Waals surface area contributed by atoms with Gasteiger partial charge >= 0.3 is 12.0 Å². The smallest absolute Gasteiger partial charge is 0.362 e. The molecule has 0 aliphatic carbocycles. The van der Waals surface area contributed by atoms with E-state index in [9.17, 15) is 9.59 Å². The van der Waals surface area contributed by atoms with Crippen LogP contribution in [-0.2, 0) is 23.9 Å². The number of anilines is 1. The zero-order valence-corrected chi connectivity index (χ0v) is 13.2. The van der Waals surface area contributed by atoms with Crippen LogP contribution in [0.15, 0.2) is 15.8 Å². The fraction of sp³-hybridized carbons (Fsp3) is 0.538. The normalized spacial score (nSPS) is 18.3. The molecule has 1 fully saturated rings. The molecule has 2 rings (SSSR count). The summed E-state index contributed by atoms with van der Waals surface area (Å²) in [6.07, 6.45) is 3.20. The lowest BCUT2D eigenvalue weighted by Crippen LogP contribution is -2.23. The van der Waals surface area contributed by atoms with Crippen molar-refractivity contribution in [1.82, 2.24) is 4.98 Å². The van der Waals surface area contributed by atoms with Crippen LogP contribution in [0.4, 0.5) is 6.01 Å². The molecule has 0 radical (unpaired) electrons. The Morgan fingerprint density at radius 2 is 2.35 bits per heavy atom. The van der Waals surface area contributed by atoms with Crippen LogP contribution in [0.25, 0.3) is 0 Å². The van der Waals surface area contributed by atoms with Gasteiger partial charge in [0.05, 0.1) is 13.7 Å². The molecule has 9 nitrogen and oxygen atoms in total. The Balaban J connectivity index is 2.11. The van der Waals surface area contributed by atoms with Crippen LogP contribution in [0.5, 0.6) is 0 Å². The van der Waals surface area contributed by atoms with Crippen molar-refractivity contribution in [3.8, 4) is 0 Å². The highest BCUT2D eigenvalue weighted by atomic mass is 35.5. The summed E-state index contributed by atoms with van der Waals surface area (Å²) in [6, 6.07) is -0.115. The van der Waals surface area contributed by atoms with E-state index in [1.165, 1.54) is 7.11 Å². The lowest BCUT2D eigenvalue weighted by Gasteiger charge is -2.20. The summed E-state index contributed by atoms with van der Waals surface area (Å²) in [6.45, 7) is 0.576. The second kappa shape index (κ2) is 8.49. The number of oxime groups is 1. The predicted molar refractivity (Wildman–Crippen MR) is 79.1 cm³/mol. The van der Waals surface area contributed by atoms with Gasteiger partial charge in [-0.15, -0.1) is 11.6 Å². The van der Waals surface area contributed by atoms with E-state index in [1.807, 2.05) is 0 Å². The van der Waals surface area contributed by atoms with Gasteiger partial charge in [-0.1, -0.05) is 5.16 Å². The zero-order chi connectivity index (χ0) is 16.7. The lowest BCUT2D eigenvalue weighted by atomic mass is 10.2. The van der Waals surface area contributed by atoms with Crippen molar-refractivity contribution in [2.45, 2.75) is 25.6 Å². The van der Waals surface area contributed by atoms with E-state index < -0.39 is 18.2 Å². The molecule has 10 heteroatoms. The number of carbonyl (C=O) groups is 2. The number of halogens is 1. The highest BCUT2D eigenvalue weighted by molar-refractivity contribution is 6.42. The van der Waals surface area contributed by atoms with Crippen molar-refractivity contribution in [2.75, 3.05) is 24.9 Å². The molecule has 1 atom stereocenters. The molecule has 0 saturated carbocycles. The molecule has 1 unspecified atom stereocenters. The first kappa shape index (κ1) is 17.2. The van der Waals surface area contributed by atoms with E-state index in [2.05, 4.69) is 20.2 Å². The number of oxazole rings is 1. The van der Waals surface area contributed by atoms with Crippen molar-refractivity contribution < 1.29 is 28.3 Å². The van der Waals surface area contributed by atoms with Crippen LogP contribution >= 0.6 is 11.6 Å². The summed E-state index contributed by atoms with van der Waals surface area (Å²) in [5.74, 6) is -1.51. The fourth-order valence-electron chi connectivity index (χ4n) is 1.78. The Kier molecular flexibility index (Phi) is 6.36. The Morgan fingerprint density at radius 3 is 3.00 bits per heavy atom. The van der Waals surface area contributed by atoms with Crippen molar-refractivity contribution in [3.63, 3.8) is 0 Å². The van der Waals surface area contributed by atoms with E-state index in [4.69, 9.17) is 25.6 Å². The first-order valence-electron chi connectivity index (χ1n) is 6.89. The Bertz CT molecular complexity index is 582. The topological polar surface area (TPSA) is 112 Å². The fourth-order valence-corrected chi connectivity index (χ4v) is 1.85. The summed E-state index contributed by atoms with van der Waals surface area (Å²) >= 11 is 5.37. The molecule has 1 aliphatic rings. The maximum atomic E-state index is 11.8. The van der Waals surface area contributed by atoms with E-state index in [0.717, 1.165) is 19.1 Å². The molecule has 1 saturated heterocycles. The number of alkyl halides is 1. The average molecular weight is 346 g/mol. The molecule has 0 bridgehead atoms. The maximum Gasteiger partial charge on any atom is 0.362 e. The number of ether oxygens (including phenoxy) is 2. The molecule has 1 aromatic rings. The highest BCUT2D eigenvalue weighted by Gasteiger charge is 2.23. The SMILES string of the molecule is COC(=O)/C(=N\OC1CCCCO1)c1coc(NC(=O)CCl)n1. The monoisotopic (exact) mass is 345 g/mol. The van der Waals surface area contributed by atoms with Crippen LogP contribution in [0.3, 0.4) is 0 Å². The number of nitrogens with zero attached hydrogens (tertiary/aromatic N) is 2. The van der Waals surface area contributed by atoms with Crippen molar-refractivity contribution in [2.24, 2.45) is 5.16 Å². The van der Waals surface area contributed by atoms with E-state index >= 15 is 0 Å². The molecule has 126 valence electrons. The number of amides is 1. The minimum Gasteiger partial charge on any atom is -0.464 e. The van der Waals surface area contributed by atoms with Gasteiger partial charge in [0.1, 0.15) is 17.8 Å². The van der Waals surface area contributed by atoms with E-state index in [-0.39, 0.29) is 23.3 Å². The first-order valence-corrected chi connectivity index (χ1v) is 7.43. The Labute approximate surface area is 136 Å². The summed E-state index contributed by atoms with van der Waals surface area (Å²) in [5, 5.41) is 6.06. The standard InChI is InChI=1S/C13H16ClN3O6/c1-20-12(19)11(17-23-10-4-2-3-5-21-10)8-7-22-13(15-8)16-9(18)6-14/h7,10H,2-6H2,1H3,(H,15,16,18)/b17-11-. The van der Waals surface area contributed by atoms with Crippen LogP contribution in [0.1, 0.15) is 25.0 Å². The molecule has 23 heavy (non-hydrogen) atoms. The molecule has 0 spiro atoms. The molecule has 1 N–H and O–H groups in total.